The minimum atomic E-state index is -3.60. The molecule has 2 N–H and O–H groups in total. The molecule has 0 aliphatic carbocycles. The Labute approximate surface area is 102 Å². The Hall–Kier alpha value is -1.13. The van der Waals surface area contributed by atoms with Gasteiger partial charge in [0.25, 0.3) is 0 Å². The van der Waals surface area contributed by atoms with Crippen LogP contribution in [0.1, 0.15) is 26.7 Å². The molecule has 0 aromatic heterocycles. The van der Waals surface area contributed by atoms with Gasteiger partial charge >= 0.3 is 5.97 Å². The second-order valence-corrected chi connectivity index (χ2v) is 6.17. The predicted octanol–water partition coefficient (Wildman–Crippen LogP) is 0.566. The zero-order chi connectivity index (χ0) is 13.5. The average Bonchev–Trinajstić information content (AvgIpc) is 2.12. The first-order valence-corrected chi connectivity index (χ1v) is 6.98. The van der Waals surface area contributed by atoms with Crippen molar-refractivity contribution in [1.29, 1.82) is 5.26 Å². The molecule has 6 nitrogen and oxygen atoms in total. The molecule has 1 unspecified atom stereocenters. The number of hydrogen-bond donors (Lipinski definition) is 2. The molecular formula is C10H18N2O4S. The minimum absolute atomic E-state index is 0.0640. The Balaban J connectivity index is 4.35. The molecule has 0 heterocycles. The summed E-state index contributed by atoms with van der Waals surface area (Å²) in [6, 6.07) is 1.55. The molecule has 0 saturated carbocycles. The van der Waals surface area contributed by atoms with E-state index in [0.29, 0.717) is 12.3 Å². The van der Waals surface area contributed by atoms with Crippen LogP contribution in [-0.2, 0) is 14.8 Å². The summed E-state index contributed by atoms with van der Waals surface area (Å²) in [5.74, 6) is -1.51. The van der Waals surface area contributed by atoms with Gasteiger partial charge in [-0.15, -0.1) is 0 Å². The van der Waals surface area contributed by atoms with Crippen molar-refractivity contribution in [2.24, 2.45) is 11.8 Å². The Kier molecular flexibility index (Phi) is 6.76. The first-order chi connectivity index (χ1) is 7.76. The monoisotopic (exact) mass is 262 g/mol. The SMILES string of the molecule is CC(C)CC(CNS(=O)(=O)CC#N)CC(=O)O. The van der Waals surface area contributed by atoms with Gasteiger partial charge in [0.2, 0.25) is 10.0 Å². The van der Waals surface area contributed by atoms with Crippen LogP contribution in [0, 0.1) is 23.2 Å². The number of carboxylic acids is 1. The van der Waals surface area contributed by atoms with E-state index in [9.17, 15) is 13.2 Å². The van der Waals surface area contributed by atoms with Gasteiger partial charge in [0.1, 0.15) is 0 Å². The molecule has 0 radical (unpaired) electrons. The lowest BCUT2D eigenvalue weighted by molar-refractivity contribution is -0.138. The number of aliphatic carboxylic acids is 1. The standard InChI is InChI=1S/C10H18N2O4S/c1-8(2)5-9(6-10(13)14)7-12-17(15,16)4-3-11/h8-9,12H,4-7H2,1-2H3,(H,13,14). The van der Waals surface area contributed by atoms with Gasteiger partial charge in [-0.05, 0) is 18.3 Å². The number of carboxylic acid groups (broad SMARTS) is 1. The molecule has 98 valence electrons. The number of hydrogen-bond acceptors (Lipinski definition) is 4. The summed E-state index contributed by atoms with van der Waals surface area (Å²) < 4.78 is 24.7. The van der Waals surface area contributed by atoms with Crippen molar-refractivity contribution in [2.75, 3.05) is 12.3 Å². The minimum Gasteiger partial charge on any atom is -0.481 e. The molecule has 0 spiro atoms. The fourth-order valence-corrected chi connectivity index (χ4v) is 2.29. The number of nitrogens with one attached hydrogen (secondary N) is 1. The molecule has 1 atom stereocenters. The van der Waals surface area contributed by atoms with Gasteiger partial charge in [-0.2, -0.15) is 5.26 Å². The van der Waals surface area contributed by atoms with E-state index in [1.165, 1.54) is 0 Å². The van der Waals surface area contributed by atoms with Crippen molar-refractivity contribution in [3.8, 4) is 6.07 Å². The van der Waals surface area contributed by atoms with Crippen LogP contribution >= 0.6 is 0 Å². The Morgan fingerprint density at radius 3 is 2.47 bits per heavy atom. The Morgan fingerprint density at radius 1 is 1.47 bits per heavy atom. The third-order valence-electron chi connectivity index (χ3n) is 2.11. The predicted molar refractivity (Wildman–Crippen MR) is 62.6 cm³/mol. The van der Waals surface area contributed by atoms with Crippen LogP contribution in [0.4, 0.5) is 0 Å². The second kappa shape index (κ2) is 7.25. The van der Waals surface area contributed by atoms with Gasteiger partial charge in [0, 0.05) is 13.0 Å². The lowest BCUT2D eigenvalue weighted by atomic mass is 9.94. The fraction of sp³-hybridized carbons (Fsp3) is 0.800. The van der Waals surface area contributed by atoms with Crippen LogP contribution in [0.3, 0.4) is 0 Å². The molecule has 0 aromatic rings. The van der Waals surface area contributed by atoms with E-state index in [-0.39, 0.29) is 18.9 Å². The summed E-state index contributed by atoms with van der Waals surface area (Å²) in [5, 5.41) is 17.0. The molecular weight excluding hydrogens is 244 g/mol. The Bertz CT molecular complexity index is 384. The molecule has 0 amide bonds. The van der Waals surface area contributed by atoms with Crippen molar-refractivity contribution in [3.05, 3.63) is 0 Å². The summed E-state index contributed by atoms with van der Waals surface area (Å²) in [6.45, 7) is 3.95. The van der Waals surface area contributed by atoms with E-state index in [1.54, 1.807) is 6.07 Å². The molecule has 0 saturated heterocycles. The van der Waals surface area contributed by atoms with E-state index in [0.717, 1.165) is 0 Å². The highest BCUT2D eigenvalue weighted by atomic mass is 32.2. The number of nitrogens with zero attached hydrogens (tertiary/aromatic N) is 1. The third kappa shape index (κ3) is 8.65. The molecule has 0 aliphatic rings. The van der Waals surface area contributed by atoms with Gasteiger partial charge in [0.05, 0.1) is 6.07 Å². The highest BCUT2D eigenvalue weighted by Gasteiger charge is 2.18. The number of carbonyl (C=O) groups is 1. The maximum Gasteiger partial charge on any atom is 0.303 e. The van der Waals surface area contributed by atoms with E-state index < -0.39 is 21.7 Å². The average molecular weight is 262 g/mol. The van der Waals surface area contributed by atoms with Crippen LogP contribution in [0.15, 0.2) is 0 Å². The van der Waals surface area contributed by atoms with Crippen LogP contribution in [0.5, 0.6) is 0 Å². The zero-order valence-electron chi connectivity index (χ0n) is 10.0. The summed E-state index contributed by atoms with van der Waals surface area (Å²) in [7, 11) is -3.60. The summed E-state index contributed by atoms with van der Waals surface area (Å²) in [5.41, 5.74) is 0. The maximum absolute atomic E-state index is 11.2. The topological polar surface area (TPSA) is 107 Å². The molecule has 0 rings (SSSR count). The lowest BCUT2D eigenvalue weighted by Crippen LogP contribution is -2.32. The van der Waals surface area contributed by atoms with Gasteiger partial charge in [-0.1, -0.05) is 13.8 Å². The van der Waals surface area contributed by atoms with E-state index in [2.05, 4.69) is 4.72 Å². The van der Waals surface area contributed by atoms with Gasteiger partial charge in [0.15, 0.2) is 5.75 Å². The summed E-state index contributed by atoms with van der Waals surface area (Å²) in [6.07, 6.45) is 0.550. The third-order valence-corrected chi connectivity index (χ3v) is 3.23. The fourth-order valence-electron chi connectivity index (χ4n) is 1.53. The highest BCUT2D eigenvalue weighted by Crippen LogP contribution is 2.15. The summed E-state index contributed by atoms with van der Waals surface area (Å²) >= 11 is 0. The lowest BCUT2D eigenvalue weighted by Gasteiger charge is -2.17. The van der Waals surface area contributed by atoms with Crippen LogP contribution in [0.25, 0.3) is 0 Å². The number of rotatable bonds is 8. The van der Waals surface area contributed by atoms with Crippen molar-refractivity contribution >= 4 is 16.0 Å². The highest BCUT2D eigenvalue weighted by molar-refractivity contribution is 7.89. The first kappa shape index (κ1) is 15.9. The molecule has 0 aromatic carbocycles. The Morgan fingerprint density at radius 2 is 2.06 bits per heavy atom. The molecule has 7 heteroatoms. The normalized spacial score (nSPS) is 13.3. The van der Waals surface area contributed by atoms with Gasteiger partial charge in [-0.3, -0.25) is 4.79 Å². The largest absolute Gasteiger partial charge is 0.481 e. The van der Waals surface area contributed by atoms with Crippen LogP contribution in [0.2, 0.25) is 0 Å². The van der Waals surface area contributed by atoms with Gasteiger partial charge in [-0.25, -0.2) is 13.1 Å². The van der Waals surface area contributed by atoms with E-state index in [1.807, 2.05) is 13.8 Å². The molecule has 17 heavy (non-hydrogen) atoms. The van der Waals surface area contributed by atoms with Crippen LogP contribution < -0.4 is 4.72 Å². The van der Waals surface area contributed by atoms with Crippen molar-refractivity contribution < 1.29 is 18.3 Å². The van der Waals surface area contributed by atoms with Crippen molar-refractivity contribution in [1.82, 2.24) is 4.72 Å². The quantitative estimate of drug-likeness (QED) is 0.664. The maximum atomic E-state index is 11.2. The molecule has 0 fully saturated rings. The number of nitriles is 1. The molecule has 0 aliphatic heterocycles. The number of sulfonamides is 1. The van der Waals surface area contributed by atoms with E-state index in [4.69, 9.17) is 10.4 Å². The van der Waals surface area contributed by atoms with Crippen LogP contribution in [-0.4, -0.2) is 31.8 Å². The summed E-state index contributed by atoms with van der Waals surface area (Å²) in [4.78, 5) is 10.6. The van der Waals surface area contributed by atoms with E-state index >= 15 is 0 Å². The van der Waals surface area contributed by atoms with Crippen molar-refractivity contribution in [2.45, 2.75) is 26.7 Å². The second-order valence-electron chi connectivity index (χ2n) is 4.36. The zero-order valence-corrected chi connectivity index (χ0v) is 10.8. The first-order valence-electron chi connectivity index (χ1n) is 5.33. The molecule has 0 bridgehead atoms. The smallest absolute Gasteiger partial charge is 0.303 e. The van der Waals surface area contributed by atoms with Gasteiger partial charge < -0.3 is 5.11 Å². The van der Waals surface area contributed by atoms with Crippen molar-refractivity contribution in [3.63, 3.8) is 0 Å².